The molecule has 1 rings (SSSR count). The van der Waals surface area contributed by atoms with E-state index in [2.05, 4.69) is 10.6 Å². The van der Waals surface area contributed by atoms with E-state index >= 15 is 0 Å². The molecule has 1 unspecified atom stereocenters. The van der Waals surface area contributed by atoms with Crippen molar-refractivity contribution in [2.24, 2.45) is 11.7 Å². The van der Waals surface area contributed by atoms with Crippen molar-refractivity contribution in [3.63, 3.8) is 0 Å². The third kappa shape index (κ3) is 10.1. The van der Waals surface area contributed by atoms with Crippen molar-refractivity contribution in [3.05, 3.63) is 35.9 Å². The van der Waals surface area contributed by atoms with E-state index in [9.17, 15) is 19.2 Å². The van der Waals surface area contributed by atoms with Crippen LogP contribution in [-0.4, -0.2) is 42.1 Å². The summed E-state index contributed by atoms with van der Waals surface area (Å²) in [7, 11) is 0. The Kier molecular flexibility index (Phi) is 9.11. The standard InChI is InChI=1S/C20H29N3O6/c1-13(11-22-19(27)29-20(2,3)4)18(26)23-15(17(21)25)10-16(24)28-12-14-8-6-5-7-9-14/h5-9,13,15H,10-12H2,1-4H3,(H2,21,25)(H,22,27)(H,23,26)/t13?,15-/m0/s1. The van der Waals surface area contributed by atoms with Gasteiger partial charge in [-0.25, -0.2) is 4.79 Å². The summed E-state index contributed by atoms with van der Waals surface area (Å²) < 4.78 is 10.2. The Morgan fingerprint density at radius 3 is 2.28 bits per heavy atom. The molecule has 0 saturated heterocycles. The van der Waals surface area contributed by atoms with Crippen LogP contribution in [0.3, 0.4) is 0 Å². The zero-order valence-corrected chi connectivity index (χ0v) is 17.2. The molecule has 160 valence electrons. The highest BCUT2D eigenvalue weighted by atomic mass is 16.6. The van der Waals surface area contributed by atoms with E-state index in [1.54, 1.807) is 39.8 Å². The van der Waals surface area contributed by atoms with Crippen molar-refractivity contribution in [2.45, 2.75) is 52.4 Å². The predicted octanol–water partition coefficient (Wildman–Crippen LogP) is 1.25. The van der Waals surface area contributed by atoms with Crippen molar-refractivity contribution >= 4 is 23.9 Å². The van der Waals surface area contributed by atoms with Crippen LogP contribution in [-0.2, 0) is 30.5 Å². The molecule has 0 radical (unpaired) electrons. The monoisotopic (exact) mass is 407 g/mol. The minimum Gasteiger partial charge on any atom is -0.461 e. The summed E-state index contributed by atoms with van der Waals surface area (Å²) in [6.07, 6.45) is -1.05. The molecule has 0 aliphatic rings. The maximum atomic E-state index is 12.3. The van der Waals surface area contributed by atoms with Gasteiger partial charge in [0.25, 0.3) is 0 Å². The number of ether oxygens (including phenoxy) is 2. The molecule has 0 bridgehead atoms. The maximum Gasteiger partial charge on any atom is 0.407 e. The van der Waals surface area contributed by atoms with Crippen molar-refractivity contribution in [3.8, 4) is 0 Å². The number of primary amides is 1. The quantitative estimate of drug-likeness (QED) is 0.527. The lowest BCUT2D eigenvalue weighted by Gasteiger charge is -2.21. The highest BCUT2D eigenvalue weighted by Crippen LogP contribution is 2.07. The molecule has 3 amide bonds. The second-order valence-corrected chi connectivity index (χ2v) is 7.60. The van der Waals surface area contributed by atoms with Crippen molar-refractivity contribution in [1.29, 1.82) is 0 Å². The van der Waals surface area contributed by atoms with E-state index in [1.807, 2.05) is 18.2 Å². The van der Waals surface area contributed by atoms with E-state index < -0.39 is 41.4 Å². The fourth-order valence-corrected chi connectivity index (χ4v) is 2.14. The fourth-order valence-electron chi connectivity index (χ4n) is 2.14. The lowest BCUT2D eigenvalue weighted by atomic mass is 10.1. The number of esters is 1. The van der Waals surface area contributed by atoms with Gasteiger partial charge in [-0.3, -0.25) is 14.4 Å². The molecule has 0 aliphatic heterocycles. The molecule has 29 heavy (non-hydrogen) atoms. The smallest absolute Gasteiger partial charge is 0.407 e. The average Bonchev–Trinajstić information content (AvgIpc) is 2.63. The van der Waals surface area contributed by atoms with Crippen molar-refractivity contribution in [1.82, 2.24) is 10.6 Å². The first-order chi connectivity index (χ1) is 13.5. The predicted molar refractivity (Wildman–Crippen MR) is 105 cm³/mol. The number of alkyl carbamates (subject to hydrolysis) is 1. The summed E-state index contributed by atoms with van der Waals surface area (Å²) in [5.74, 6) is -2.75. The minimum atomic E-state index is -1.21. The lowest BCUT2D eigenvalue weighted by Crippen LogP contribution is -2.49. The fraction of sp³-hybridized carbons (Fsp3) is 0.500. The van der Waals surface area contributed by atoms with Gasteiger partial charge < -0.3 is 25.8 Å². The van der Waals surface area contributed by atoms with Crippen LogP contribution in [0.4, 0.5) is 4.79 Å². The summed E-state index contributed by atoms with van der Waals surface area (Å²) in [5, 5.41) is 4.88. The van der Waals surface area contributed by atoms with Crippen LogP contribution in [0.2, 0.25) is 0 Å². The number of nitrogens with two attached hydrogens (primary N) is 1. The van der Waals surface area contributed by atoms with Gasteiger partial charge in [0.1, 0.15) is 18.2 Å². The molecule has 9 nitrogen and oxygen atoms in total. The Balaban J connectivity index is 2.48. The lowest BCUT2D eigenvalue weighted by molar-refractivity contribution is -0.147. The molecule has 0 spiro atoms. The number of benzene rings is 1. The number of amides is 3. The van der Waals surface area contributed by atoms with Gasteiger partial charge in [-0.15, -0.1) is 0 Å². The molecule has 0 heterocycles. The summed E-state index contributed by atoms with van der Waals surface area (Å²) in [6, 6.07) is 7.82. The molecular formula is C20H29N3O6. The van der Waals surface area contributed by atoms with Gasteiger partial charge in [0, 0.05) is 6.54 Å². The van der Waals surface area contributed by atoms with Crippen LogP contribution in [0.25, 0.3) is 0 Å². The van der Waals surface area contributed by atoms with Crippen LogP contribution in [0, 0.1) is 5.92 Å². The number of carbonyl (C=O) groups is 4. The van der Waals surface area contributed by atoms with Gasteiger partial charge in [0.05, 0.1) is 12.3 Å². The summed E-state index contributed by atoms with van der Waals surface area (Å²) >= 11 is 0. The minimum absolute atomic E-state index is 0.00924. The van der Waals surface area contributed by atoms with Gasteiger partial charge in [0.15, 0.2) is 0 Å². The zero-order chi connectivity index (χ0) is 22.0. The third-order valence-electron chi connectivity index (χ3n) is 3.67. The molecule has 0 fully saturated rings. The van der Waals surface area contributed by atoms with E-state index in [1.165, 1.54) is 0 Å². The first-order valence-corrected chi connectivity index (χ1v) is 9.24. The van der Waals surface area contributed by atoms with Gasteiger partial charge in [-0.2, -0.15) is 0 Å². The highest BCUT2D eigenvalue weighted by molar-refractivity contribution is 5.90. The highest BCUT2D eigenvalue weighted by Gasteiger charge is 2.25. The summed E-state index contributed by atoms with van der Waals surface area (Å²) in [4.78, 5) is 47.5. The van der Waals surface area contributed by atoms with E-state index in [-0.39, 0.29) is 19.6 Å². The number of hydrogen-bond acceptors (Lipinski definition) is 6. The van der Waals surface area contributed by atoms with E-state index in [0.29, 0.717) is 0 Å². The molecular weight excluding hydrogens is 378 g/mol. The van der Waals surface area contributed by atoms with Gasteiger partial charge in [0.2, 0.25) is 11.8 Å². The molecule has 2 atom stereocenters. The number of carbonyl (C=O) groups excluding carboxylic acids is 4. The van der Waals surface area contributed by atoms with Crippen molar-refractivity contribution < 1.29 is 28.7 Å². The van der Waals surface area contributed by atoms with Crippen LogP contribution >= 0.6 is 0 Å². The maximum absolute atomic E-state index is 12.3. The second-order valence-electron chi connectivity index (χ2n) is 7.60. The second kappa shape index (κ2) is 11.0. The SMILES string of the molecule is CC(CNC(=O)OC(C)(C)C)C(=O)N[C@@H](CC(=O)OCc1ccccc1)C(N)=O. The molecule has 0 aliphatic carbocycles. The topological polar surface area (TPSA) is 137 Å². The molecule has 0 aromatic heterocycles. The number of hydrogen-bond donors (Lipinski definition) is 3. The van der Waals surface area contributed by atoms with Crippen LogP contribution in [0.5, 0.6) is 0 Å². The van der Waals surface area contributed by atoms with Crippen LogP contribution in [0.15, 0.2) is 30.3 Å². The average molecular weight is 407 g/mol. The number of nitrogens with one attached hydrogen (secondary N) is 2. The van der Waals surface area contributed by atoms with E-state index in [0.717, 1.165) is 5.56 Å². The zero-order valence-electron chi connectivity index (χ0n) is 17.2. The molecule has 0 saturated carbocycles. The molecule has 4 N–H and O–H groups in total. The number of rotatable bonds is 9. The Bertz CT molecular complexity index is 715. The molecule has 9 heteroatoms. The Hall–Kier alpha value is -3.10. The summed E-state index contributed by atoms with van der Waals surface area (Å²) in [5.41, 5.74) is 5.42. The van der Waals surface area contributed by atoms with Gasteiger partial charge in [-0.05, 0) is 26.3 Å². The van der Waals surface area contributed by atoms with E-state index in [4.69, 9.17) is 15.2 Å². The molecule has 1 aromatic rings. The van der Waals surface area contributed by atoms with Gasteiger partial charge >= 0.3 is 12.1 Å². The van der Waals surface area contributed by atoms with Crippen LogP contribution < -0.4 is 16.4 Å². The molecule has 1 aromatic carbocycles. The Morgan fingerprint density at radius 2 is 1.72 bits per heavy atom. The first kappa shape index (κ1) is 23.9. The Morgan fingerprint density at radius 1 is 1.10 bits per heavy atom. The third-order valence-corrected chi connectivity index (χ3v) is 3.67. The van der Waals surface area contributed by atoms with Crippen LogP contribution in [0.1, 0.15) is 39.7 Å². The largest absolute Gasteiger partial charge is 0.461 e. The Labute approximate surface area is 170 Å². The van der Waals surface area contributed by atoms with Crippen molar-refractivity contribution in [2.75, 3.05) is 6.54 Å². The normalized spacial score (nSPS) is 13.0. The van der Waals surface area contributed by atoms with Gasteiger partial charge in [-0.1, -0.05) is 37.3 Å². The first-order valence-electron chi connectivity index (χ1n) is 9.24. The summed E-state index contributed by atoms with van der Waals surface area (Å²) in [6.45, 7) is 6.75.